The molecule has 0 N–H and O–H groups in total. The summed E-state index contributed by atoms with van der Waals surface area (Å²) in [5.41, 5.74) is -0.619. The molecule has 0 aromatic carbocycles. The number of likely N-dealkylation sites (tertiary alicyclic amines) is 2. The predicted molar refractivity (Wildman–Crippen MR) is 103 cm³/mol. The van der Waals surface area contributed by atoms with Crippen molar-refractivity contribution in [3.05, 3.63) is 0 Å². The van der Waals surface area contributed by atoms with E-state index in [0.29, 0.717) is 25.9 Å². The molecule has 3 aliphatic rings. The average Bonchev–Trinajstić information content (AvgIpc) is 2.92. The van der Waals surface area contributed by atoms with Crippen LogP contribution in [0.2, 0.25) is 0 Å². The Morgan fingerprint density at radius 3 is 2.27 bits per heavy atom. The van der Waals surface area contributed by atoms with Crippen molar-refractivity contribution in [1.82, 2.24) is 14.7 Å². The Bertz CT molecular complexity index is 558. The SMILES string of the molecule is CCCCC1=NC2(CCN(C(=O)N3CCCCC3)CC2)C(=O)N1C(C)C. The van der Waals surface area contributed by atoms with Crippen molar-refractivity contribution in [2.45, 2.75) is 83.7 Å². The van der Waals surface area contributed by atoms with Crippen LogP contribution in [0, 0.1) is 0 Å². The molecular weight excluding hydrogens is 328 g/mol. The topological polar surface area (TPSA) is 56.2 Å². The minimum Gasteiger partial charge on any atom is -0.325 e. The number of hydrogen-bond acceptors (Lipinski definition) is 3. The Kier molecular flexibility index (Phi) is 5.88. The van der Waals surface area contributed by atoms with Gasteiger partial charge in [0.2, 0.25) is 0 Å². The van der Waals surface area contributed by atoms with Crippen LogP contribution in [0.5, 0.6) is 0 Å². The van der Waals surface area contributed by atoms with E-state index in [0.717, 1.165) is 51.0 Å². The summed E-state index contributed by atoms with van der Waals surface area (Å²) in [5.74, 6) is 1.12. The van der Waals surface area contributed by atoms with Gasteiger partial charge in [0.15, 0.2) is 0 Å². The molecule has 26 heavy (non-hydrogen) atoms. The number of hydrogen-bond donors (Lipinski definition) is 0. The molecule has 1 spiro atoms. The van der Waals surface area contributed by atoms with Gasteiger partial charge in [-0.25, -0.2) is 4.79 Å². The Labute approximate surface area is 157 Å². The summed E-state index contributed by atoms with van der Waals surface area (Å²) in [6.45, 7) is 9.31. The van der Waals surface area contributed by atoms with Crippen molar-refractivity contribution in [2.24, 2.45) is 4.99 Å². The lowest BCUT2D eigenvalue weighted by molar-refractivity contribution is -0.133. The average molecular weight is 363 g/mol. The first-order valence-electron chi connectivity index (χ1n) is 10.4. The molecule has 6 nitrogen and oxygen atoms in total. The number of rotatable bonds is 4. The molecule has 0 aliphatic carbocycles. The number of carbonyl (C=O) groups excluding carboxylic acids is 2. The number of piperidine rings is 2. The van der Waals surface area contributed by atoms with Crippen LogP contribution in [0.4, 0.5) is 4.79 Å². The highest BCUT2D eigenvalue weighted by Crippen LogP contribution is 2.36. The van der Waals surface area contributed by atoms with E-state index in [-0.39, 0.29) is 18.0 Å². The van der Waals surface area contributed by atoms with E-state index in [1.807, 2.05) is 14.7 Å². The van der Waals surface area contributed by atoms with Gasteiger partial charge in [0.25, 0.3) is 5.91 Å². The van der Waals surface area contributed by atoms with Crippen molar-refractivity contribution < 1.29 is 9.59 Å². The summed E-state index contributed by atoms with van der Waals surface area (Å²) in [5, 5.41) is 0. The van der Waals surface area contributed by atoms with E-state index in [4.69, 9.17) is 4.99 Å². The maximum atomic E-state index is 13.2. The van der Waals surface area contributed by atoms with Gasteiger partial charge in [-0.15, -0.1) is 0 Å². The first-order chi connectivity index (χ1) is 12.5. The highest BCUT2D eigenvalue weighted by Gasteiger charge is 2.50. The molecule has 0 saturated carbocycles. The van der Waals surface area contributed by atoms with Gasteiger partial charge >= 0.3 is 6.03 Å². The minimum atomic E-state index is -0.619. The summed E-state index contributed by atoms with van der Waals surface area (Å²) in [7, 11) is 0. The van der Waals surface area contributed by atoms with Gasteiger partial charge in [-0.2, -0.15) is 0 Å². The molecular formula is C20H34N4O2. The second-order valence-corrected chi connectivity index (χ2v) is 8.25. The third kappa shape index (κ3) is 3.60. The van der Waals surface area contributed by atoms with E-state index < -0.39 is 5.54 Å². The molecule has 146 valence electrons. The third-order valence-corrected chi connectivity index (χ3v) is 6.00. The van der Waals surface area contributed by atoms with Gasteiger partial charge in [-0.1, -0.05) is 13.3 Å². The fourth-order valence-electron chi connectivity index (χ4n) is 4.41. The van der Waals surface area contributed by atoms with Crippen molar-refractivity contribution >= 4 is 17.8 Å². The molecule has 2 fully saturated rings. The van der Waals surface area contributed by atoms with Gasteiger partial charge in [0, 0.05) is 38.6 Å². The summed E-state index contributed by atoms with van der Waals surface area (Å²) in [6, 6.07) is 0.298. The minimum absolute atomic E-state index is 0.144. The number of nitrogens with zero attached hydrogens (tertiary/aromatic N) is 4. The zero-order valence-corrected chi connectivity index (χ0v) is 16.7. The van der Waals surface area contributed by atoms with Gasteiger partial charge in [-0.3, -0.25) is 14.7 Å². The Morgan fingerprint density at radius 1 is 1.08 bits per heavy atom. The second kappa shape index (κ2) is 7.97. The van der Waals surface area contributed by atoms with Crippen LogP contribution in [0.1, 0.15) is 72.1 Å². The Morgan fingerprint density at radius 2 is 1.69 bits per heavy atom. The van der Waals surface area contributed by atoms with Crippen molar-refractivity contribution in [3.63, 3.8) is 0 Å². The van der Waals surface area contributed by atoms with Gasteiger partial charge in [-0.05, 0) is 52.4 Å². The van der Waals surface area contributed by atoms with Crippen molar-refractivity contribution in [3.8, 4) is 0 Å². The fourth-order valence-corrected chi connectivity index (χ4v) is 4.41. The molecule has 0 unspecified atom stereocenters. The monoisotopic (exact) mass is 362 g/mol. The first kappa shape index (κ1) is 19.2. The van der Waals surface area contributed by atoms with E-state index in [1.54, 1.807) is 0 Å². The van der Waals surface area contributed by atoms with Gasteiger partial charge in [0.1, 0.15) is 11.4 Å². The van der Waals surface area contributed by atoms with E-state index in [1.165, 1.54) is 6.42 Å². The van der Waals surface area contributed by atoms with Crippen LogP contribution in [0.3, 0.4) is 0 Å². The number of unbranched alkanes of at least 4 members (excludes halogenated alkanes) is 1. The zero-order valence-electron chi connectivity index (χ0n) is 16.7. The quantitative estimate of drug-likeness (QED) is 0.771. The van der Waals surface area contributed by atoms with E-state index in [2.05, 4.69) is 20.8 Å². The second-order valence-electron chi connectivity index (χ2n) is 8.25. The van der Waals surface area contributed by atoms with E-state index in [9.17, 15) is 9.59 Å². The predicted octanol–water partition coefficient (Wildman–Crippen LogP) is 3.27. The van der Waals surface area contributed by atoms with Crippen LogP contribution in [-0.2, 0) is 4.79 Å². The number of amidine groups is 1. The van der Waals surface area contributed by atoms with Crippen molar-refractivity contribution in [1.29, 1.82) is 0 Å². The molecule has 0 atom stereocenters. The van der Waals surface area contributed by atoms with Crippen LogP contribution < -0.4 is 0 Å². The molecule has 2 saturated heterocycles. The maximum absolute atomic E-state index is 13.2. The maximum Gasteiger partial charge on any atom is 0.320 e. The van der Waals surface area contributed by atoms with E-state index >= 15 is 0 Å². The Hall–Kier alpha value is -1.59. The molecule has 3 aliphatic heterocycles. The molecule has 0 aromatic heterocycles. The van der Waals surface area contributed by atoms with Crippen molar-refractivity contribution in [2.75, 3.05) is 26.2 Å². The lowest BCUT2D eigenvalue weighted by Crippen LogP contribution is -2.55. The first-order valence-corrected chi connectivity index (χ1v) is 10.4. The standard InChI is InChI=1S/C20H34N4O2/c1-4-5-9-17-21-20(18(25)24(17)16(2)3)10-14-23(15-11-20)19(26)22-12-7-6-8-13-22/h16H,4-15H2,1-3H3. The largest absolute Gasteiger partial charge is 0.325 e. The van der Waals surface area contributed by atoms with Crippen LogP contribution in [0.25, 0.3) is 0 Å². The third-order valence-electron chi connectivity index (χ3n) is 6.00. The van der Waals surface area contributed by atoms with Gasteiger partial charge in [0.05, 0.1) is 0 Å². The summed E-state index contributed by atoms with van der Waals surface area (Å²) in [6.07, 6.45) is 7.79. The fraction of sp³-hybridized carbons (Fsp3) is 0.850. The molecule has 0 aromatic rings. The smallest absolute Gasteiger partial charge is 0.320 e. The molecule has 3 heterocycles. The number of urea groups is 1. The number of amides is 3. The highest BCUT2D eigenvalue weighted by molar-refractivity contribution is 6.08. The van der Waals surface area contributed by atoms with Crippen LogP contribution >= 0.6 is 0 Å². The highest BCUT2D eigenvalue weighted by atomic mass is 16.2. The molecule has 6 heteroatoms. The van der Waals surface area contributed by atoms with Gasteiger partial charge < -0.3 is 9.80 Å². The number of aliphatic imine (C=N–C) groups is 1. The molecule has 0 radical (unpaired) electrons. The zero-order chi connectivity index (χ0) is 18.7. The normalized spacial score (nSPS) is 23.2. The summed E-state index contributed by atoms with van der Waals surface area (Å²) < 4.78 is 0. The summed E-state index contributed by atoms with van der Waals surface area (Å²) in [4.78, 5) is 36.7. The molecule has 3 amide bonds. The lowest BCUT2D eigenvalue weighted by Gasteiger charge is -2.39. The molecule has 3 rings (SSSR count). The molecule has 0 bridgehead atoms. The Balaban J connectivity index is 1.67. The lowest BCUT2D eigenvalue weighted by atomic mass is 9.87. The summed E-state index contributed by atoms with van der Waals surface area (Å²) >= 11 is 0. The number of carbonyl (C=O) groups is 2. The van der Waals surface area contributed by atoms with Crippen LogP contribution in [0.15, 0.2) is 4.99 Å². The van der Waals surface area contributed by atoms with Crippen LogP contribution in [-0.4, -0.2) is 70.2 Å².